The first-order valence-electron chi connectivity index (χ1n) is 7.15. The fourth-order valence-corrected chi connectivity index (χ4v) is 2.12. The number of benzene rings is 2. The highest BCUT2D eigenvalue weighted by Gasteiger charge is 2.06. The zero-order valence-corrected chi connectivity index (χ0v) is 12.3. The van der Waals surface area contributed by atoms with E-state index in [9.17, 15) is 9.59 Å². The number of aromatic amines is 1. The number of para-hydroxylation sites is 1. The Morgan fingerprint density at radius 2 is 1.83 bits per heavy atom. The first kappa shape index (κ1) is 14.8. The van der Waals surface area contributed by atoms with Gasteiger partial charge in [-0.05, 0) is 17.7 Å². The largest absolute Gasteiger partial charge is 0.460 e. The van der Waals surface area contributed by atoms with E-state index in [4.69, 9.17) is 4.74 Å². The van der Waals surface area contributed by atoms with Crippen LogP contribution in [0.4, 0.5) is 5.95 Å². The molecule has 23 heavy (non-hydrogen) atoms. The third kappa shape index (κ3) is 3.74. The third-order valence-electron chi connectivity index (χ3n) is 3.26. The van der Waals surface area contributed by atoms with Gasteiger partial charge in [0.2, 0.25) is 5.95 Å². The second kappa shape index (κ2) is 6.74. The van der Waals surface area contributed by atoms with Crippen molar-refractivity contribution in [2.45, 2.75) is 6.61 Å². The van der Waals surface area contributed by atoms with E-state index >= 15 is 0 Å². The number of nitrogens with one attached hydrogen (secondary N) is 2. The standard InChI is InChI=1S/C17H15N3O3/c21-15(23-11-12-6-2-1-3-7-12)10-18-17-19-14-9-5-4-8-13(14)16(22)20-17/h1-9H,10-11H2,(H2,18,19,20,22). The van der Waals surface area contributed by atoms with Crippen molar-refractivity contribution in [3.05, 3.63) is 70.5 Å². The third-order valence-corrected chi connectivity index (χ3v) is 3.26. The van der Waals surface area contributed by atoms with Crippen molar-refractivity contribution in [1.82, 2.24) is 9.97 Å². The number of carbonyl (C=O) groups is 1. The minimum absolute atomic E-state index is 0.0753. The number of nitrogens with zero attached hydrogens (tertiary/aromatic N) is 1. The highest BCUT2D eigenvalue weighted by molar-refractivity contribution is 5.79. The van der Waals surface area contributed by atoms with Gasteiger partial charge in [-0.1, -0.05) is 42.5 Å². The molecule has 3 rings (SSSR count). The lowest BCUT2D eigenvalue weighted by molar-refractivity contribution is -0.142. The Hall–Kier alpha value is -3.15. The van der Waals surface area contributed by atoms with Crippen LogP contribution in [0.25, 0.3) is 10.9 Å². The summed E-state index contributed by atoms with van der Waals surface area (Å²) in [6.45, 7) is 0.136. The maximum atomic E-state index is 11.9. The number of esters is 1. The van der Waals surface area contributed by atoms with Crippen LogP contribution in [0.2, 0.25) is 0 Å². The van der Waals surface area contributed by atoms with Crippen LogP contribution in [-0.2, 0) is 16.1 Å². The molecule has 0 spiro atoms. The lowest BCUT2D eigenvalue weighted by Gasteiger charge is -2.07. The molecule has 0 fully saturated rings. The lowest BCUT2D eigenvalue weighted by atomic mass is 10.2. The SMILES string of the molecule is O=C(CNc1nc2ccccc2c(=O)[nH]1)OCc1ccccc1. The second-order valence-electron chi connectivity index (χ2n) is 4.93. The number of anilines is 1. The van der Waals surface area contributed by atoms with Gasteiger partial charge in [0.1, 0.15) is 13.2 Å². The van der Waals surface area contributed by atoms with Crippen LogP contribution in [0, 0.1) is 0 Å². The Balaban J connectivity index is 1.60. The zero-order valence-electron chi connectivity index (χ0n) is 12.3. The molecule has 0 amide bonds. The van der Waals surface area contributed by atoms with Gasteiger partial charge in [0.05, 0.1) is 10.9 Å². The lowest BCUT2D eigenvalue weighted by Crippen LogP contribution is -2.20. The van der Waals surface area contributed by atoms with Crippen LogP contribution >= 0.6 is 0 Å². The molecule has 1 heterocycles. The summed E-state index contributed by atoms with van der Waals surface area (Å²) >= 11 is 0. The predicted octanol–water partition coefficient (Wildman–Crippen LogP) is 2.08. The minimum atomic E-state index is -0.426. The summed E-state index contributed by atoms with van der Waals surface area (Å²) in [5, 5.41) is 3.28. The Bertz CT molecular complexity index is 875. The molecule has 0 saturated carbocycles. The molecule has 0 aliphatic rings. The molecule has 0 aliphatic heterocycles. The molecule has 2 N–H and O–H groups in total. The van der Waals surface area contributed by atoms with E-state index in [1.165, 1.54) is 0 Å². The van der Waals surface area contributed by atoms with E-state index < -0.39 is 5.97 Å². The maximum Gasteiger partial charge on any atom is 0.325 e. The molecule has 0 saturated heterocycles. The van der Waals surface area contributed by atoms with Gasteiger partial charge in [0.15, 0.2) is 0 Å². The van der Waals surface area contributed by atoms with E-state index in [0.717, 1.165) is 5.56 Å². The maximum absolute atomic E-state index is 11.9. The summed E-state index contributed by atoms with van der Waals surface area (Å²) in [6, 6.07) is 16.4. The van der Waals surface area contributed by atoms with Crippen LogP contribution in [0.5, 0.6) is 0 Å². The monoisotopic (exact) mass is 309 g/mol. The Morgan fingerprint density at radius 1 is 1.09 bits per heavy atom. The van der Waals surface area contributed by atoms with Crippen molar-refractivity contribution in [2.75, 3.05) is 11.9 Å². The molecule has 3 aromatic rings. The highest BCUT2D eigenvalue weighted by Crippen LogP contribution is 2.07. The van der Waals surface area contributed by atoms with Crippen molar-refractivity contribution in [1.29, 1.82) is 0 Å². The second-order valence-corrected chi connectivity index (χ2v) is 4.93. The van der Waals surface area contributed by atoms with Gasteiger partial charge in [-0.3, -0.25) is 14.6 Å². The van der Waals surface area contributed by atoms with E-state index in [1.54, 1.807) is 24.3 Å². The van der Waals surface area contributed by atoms with Gasteiger partial charge < -0.3 is 10.1 Å². The van der Waals surface area contributed by atoms with Gasteiger partial charge >= 0.3 is 5.97 Å². The first-order valence-corrected chi connectivity index (χ1v) is 7.15. The molecule has 6 nitrogen and oxygen atoms in total. The fourth-order valence-electron chi connectivity index (χ4n) is 2.12. The number of H-pyrrole nitrogens is 1. The van der Waals surface area contributed by atoms with Gasteiger partial charge in [-0.25, -0.2) is 4.98 Å². The quantitative estimate of drug-likeness (QED) is 0.705. The summed E-state index contributed by atoms with van der Waals surface area (Å²) in [5.41, 5.74) is 1.23. The first-order chi connectivity index (χ1) is 11.2. The molecule has 116 valence electrons. The molecule has 0 radical (unpaired) electrons. The number of carbonyl (C=O) groups excluding carboxylic acids is 1. The molecule has 2 aromatic carbocycles. The summed E-state index contributed by atoms with van der Waals surface area (Å²) in [4.78, 5) is 30.5. The van der Waals surface area contributed by atoms with Crippen molar-refractivity contribution in [2.24, 2.45) is 0 Å². The van der Waals surface area contributed by atoms with E-state index in [2.05, 4.69) is 15.3 Å². The van der Waals surface area contributed by atoms with Crippen molar-refractivity contribution < 1.29 is 9.53 Å². The number of fused-ring (bicyclic) bond motifs is 1. The summed E-state index contributed by atoms with van der Waals surface area (Å²) in [5.74, 6) is -0.185. The van der Waals surface area contributed by atoms with Gasteiger partial charge in [-0.2, -0.15) is 0 Å². The molecule has 0 bridgehead atoms. The van der Waals surface area contributed by atoms with Gasteiger partial charge in [-0.15, -0.1) is 0 Å². The molecular weight excluding hydrogens is 294 g/mol. The fraction of sp³-hybridized carbons (Fsp3) is 0.118. The summed E-state index contributed by atoms with van der Waals surface area (Å²) < 4.78 is 5.15. The molecule has 6 heteroatoms. The number of rotatable bonds is 5. The molecule has 0 atom stereocenters. The number of hydrogen-bond donors (Lipinski definition) is 2. The predicted molar refractivity (Wildman–Crippen MR) is 87.1 cm³/mol. The van der Waals surface area contributed by atoms with E-state index in [-0.39, 0.29) is 24.7 Å². The minimum Gasteiger partial charge on any atom is -0.460 e. The van der Waals surface area contributed by atoms with Crippen LogP contribution in [0.1, 0.15) is 5.56 Å². The normalized spacial score (nSPS) is 10.4. The van der Waals surface area contributed by atoms with E-state index in [1.807, 2.05) is 30.3 Å². The highest BCUT2D eigenvalue weighted by atomic mass is 16.5. The van der Waals surface area contributed by atoms with Crippen LogP contribution in [0.3, 0.4) is 0 Å². The van der Waals surface area contributed by atoms with Crippen LogP contribution in [0.15, 0.2) is 59.4 Å². The Labute approximate surface area is 132 Å². The van der Waals surface area contributed by atoms with Crippen molar-refractivity contribution >= 4 is 22.8 Å². The topological polar surface area (TPSA) is 84.1 Å². The number of aromatic nitrogens is 2. The van der Waals surface area contributed by atoms with Gasteiger partial charge in [0, 0.05) is 0 Å². The van der Waals surface area contributed by atoms with Crippen molar-refractivity contribution in [3.8, 4) is 0 Å². The molecule has 0 unspecified atom stereocenters. The zero-order chi connectivity index (χ0) is 16.1. The molecule has 1 aromatic heterocycles. The Morgan fingerprint density at radius 3 is 2.65 bits per heavy atom. The van der Waals surface area contributed by atoms with Crippen molar-refractivity contribution in [3.63, 3.8) is 0 Å². The van der Waals surface area contributed by atoms with Crippen LogP contribution in [-0.4, -0.2) is 22.5 Å². The average Bonchev–Trinajstić information content (AvgIpc) is 2.59. The average molecular weight is 309 g/mol. The summed E-state index contributed by atoms with van der Waals surface area (Å²) in [6.07, 6.45) is 0. The number of hydrogen-bond acceptors (Lipinski definition) is 5. The van der Waals surface area contributed by atoms with Crippen LogP contribution < -0.4 is 10.9 Å². The van der Waals surface area contributed by atoms with E-state index in [0.29, 0.717) is 10.9 Å². The number of ether oxygens (including phenoxy) is 1. The van der Waals surface area contributed by atoms with Gasteiger partial charge in [0.25, 0.3) is 5.56 Å². The Kier molecular flexibility index (Phi) is 4.33. The summed E-state index contributed by atoms with van der Waals surface area (Å²) in [7, 11) is 0. The smallest absolute Gasteiger partial charge is 0.325 e. The molecule has 0 aliphatic carbocycles. The molecular formula is C17H15N3O3.